The Labute approximate surface area is 113 Å². The number of hydrogen-bond donors (Lipinski definition) is 1. The maximum atomic E-state index is 6.20. The highest BCUT2D eigenvalue weighted by atomic mass is 16.5. The third kappa shape index (κ3) is 4.24. The van der Waals surface area contributed by atoms with E-state index in [4.69, 9.17) is 4.74 Å². The first-order valence-corrected chi connectivity index (χ1v) is 8.08. The summed E-state index contributed by atoms with van der Waals surface area (Å²) >= 11 is 0. The minimum Gasteiger partial charge on any atom is -0.377 e. The Balaban J connectivity index is 1.72. The van der Waals surface area contributed by atoms with E-state index in [0.29, 0.717) is 12.1 Å². The van der Waals surface area contributed by atoms with E-state index >= 15 is 0 Å². The third-order valence-corrected chi connectivity index (χ3v) is 4.99. The molecule has 0 amide bonds. The summed E-state index contributed by atoms with van der Waals surface area (Å²) in [6, 6.07) is 0.586. The van der Waals surface area contributed by atoms with Crippen molar-refractivity contribution in [2.45, 2.75) is 76.9 Å². The lowest BCUT2D eigenvalue weighted by atomic mass is 9.84. The van der Waals surface area contributed by atoms with E-state index in [9.17, 15) is 0 Å². The third-order valence-electron chi connectivity index (χ3n) is 4.99. The van der Waals surface area contributed by atoms with Gasteiger partial charge in [-0.1, -0.05) is 39.0 Å². The Morgan fingerprint density at radius 1 is 1.06 bits per heavy atom. The van der Waals surface area contributed by atoms with Gasteiger partial charge < -0.3 is 10.1 Å². The molecule has 2 aliphatic rings. The zero-order valence-corrected chi connectivity index (χ0v) is 12.3. The number of nitrogens with one attached hydrogen (secondary N) is 1. The number of rotatable bonds is 5. The Kier molecular flexibility index (Phi) is 5.97. The van der Waals surface area contributed by atoms with Crippen LogP contribution in [0.3, 0.4) is 0 Å². The van der Waals surface area contributed by atoms with E-state index in [1.165, 1.54) is 57.8 Å². The highest BCUT2D eigenvalue weighted by Crippen LogP contribution is 2.29. The van der Waals surface area contributed by atoms with Crippen molar-refractivity contribution in [3.05, 3.63) is 0 Å². The van der Waals surface area contributed by atoms with Crippen LogP contribution in [0.15, 0.2) is 0 Å². The van der Waals surface area contributed by atoms with Crippen molar-refractivity contribution in [3.8, 4) is 0 Å². The fourth-order valence-electron chi connectivity index (χ4n) is 3.76. The quantitative estimate of drug-likeness (QED) is 0.805. The monoisotopic (exact) mass is 253 g/mol. The summed E-state index contributed by atoms with van der Waals surface area (Å²) in [6.45, 7) is 3.30. The molecule has 0 aliphatic heterocycles. The molecule has 2 saturated carbocycles. The number of ether oxygens (including phenoxy) is 1. The van der Waals surface area contributed by atoms with Crippen LogP contribution in [0.25, 0.3) is 0 Å². The topological polar surface area (TPSA) is 21.3 Å². The Morgan fingerprint density at radius 2 is 1.83 bits per heavy atom. The van der Waals surface area contributed by atoms with Crippen LogP contribution in [0.1, 0.15) is 64.7 Å². The SMILES string of the molecule is CNC(COC1CCCC(C)C1)C1CCCCC1. The predicted octanol–water partition coefficient (Wildman–Crippen LogP) is 3.75. The average molecular weight is 253 g/mol. The van der Waals surface area contributed by atoms with Crippen molar-refractivity contribution in [1.29, 1.82) is 0 Å². The summed E-state index contributed by atoms with van der Waals surface area (Å²) in [6.07, 6.45) is 12.9. The van der Waals surface area contributed by atoms with Crippen LogP contribution >= 0.6 is 0 Å². The van der Waals surface area contributed by atoms with E-state index in [2.05, 4.69) is 19.3 Å². The summed E-state index contributed by atoms with van der Waals surface area (Å²) in [7, 11) is 2.10. The van der Waals surface area contributed by atoms with Gasteiger partial charge >= 0.3 is 0 Å². The lowest BCUT2D eigenvalue weighted by molar-refractivity contribution is -0.00521. The van der Waals surface area contributed by atoms with Gasteiger partial charge in [0.1, 0.15) is 0 Å². The second-order valence-electron chi connectivity index (χ2n) is 6.52. The maximum absolute atomic E-state index is 6.20. The van der Waals surface area contributed by atoms with E-state index in [1.54, 1.807) is 0 Å². The van der Waals surface area contributed by atoms with Gasteiger partial charge in [-0.3, -0.25) is 0 Å². The van der Waals surface area contributed by atoms with Gasteiger partial charge in [0, 0.05) is 6.04 Å². The van der Waals surface area contributed by atoms with Crippen LogP contribution < -0.4 is 5.32 Å². The maximum Gasteiger partial charge on any atom is 0.0625 e. The lowest BCUT2D eigenvalue weighted by Gasteiger charge is -2.33. The molecular weight excluding hydrogens is 222 g/mol. The van der Waals surface area contributed by atoms with Gasteiger partial charge in [-0.05, 0) is 44.6 Å². The van der Waals surface area contributed by atoms with Crippen LogP contribution in [-0.4, -0.2) is 25.8 Å². The Morgan fingerprint density at radius 3 is 2.50 bits per heavy atom. The molecule has 2 fully saturated rings. The summed E-state index contributed by atoms with van der Waals surface area (Å²) in [5.41, 5.74) is 0. The van der Waals surface area contributed by atoms with E-state index < -0.39 is 0 Å². The second-order valence-corrected chi connectivity index (χ2v) is 6.52. The van der Waals surface area contributed by atoms with Crippen molar-refractivity contribution in [3.63, 3.8) is 0 Å². The molecule has 3 atom stereocenters. The summed E-state index contributed by atoms with van der Waals surface area (Å²) in [5.74, 6) is 1.72. The normalized spacial score (nSPS) is 32.3. The summed E-state index contributed by atoms with van der Waals surface area (Å²) in [4.78, 5) is 0. The first-order valence-electron chi connectivity index (χ1n) is 8.08. The van der Waals surface area contributed by atoms with Gasteiger partial charge in [-0.25, -0.2) is 0 Å². The Bertz CT molecular complexity index is 225. The van der Waals surface area contributed by atoms with Crippen LogP contribution in [0.2, 0.25) is 0 Å². The first kappa shape index (κ1) is 14.3. The van der Waals surface area contributed by atoms with Gasteiger partial charge in [0.05, 0.1) is 12.7 Å². The molecule has 2 heteroatoms. The molecule has 0 saturated heterocycles. The molecule has 0 aromatic rings. The smallest absolute Gasteiger partial charge is 0.0625 e. The minimum atomic E-state index is 0.535. The van der Waals surface area contributed by atoms with E-state index in [-0.39, 0.29) is 0 Å². The highest BCUT2D eigenvalue weighted by Gasteiger charge is 2.25. The lowest BCUT2D eigenvalue weighted by Crippen LogP contribution is -2.40. The van der Waals surface area contributed by atoms with Crippen LogP contribution in [0, 0.1) is 11.8 Å². The molecule has 0 radical (unpaired) electrons. The van der Waals surface area contributed by atoms with Gasteiger partial charge in [-0.15, -0.1) is 0 Å². The molecule has 0 aromatic carbocycles. The molecule has 0 aromatic heterocycles. The van der Waals surface area contributed by atoms with Crippen molar-refractivity contribution in [2.75, 3.05) is 13.7 Å². The molecule has 2 nitrogen and oxygen atoms in total. The fourth-order valence-corrected chi connectivity index (χ4v) is 3.76. The second kappa shape index (κ2) is 7.49. The number of hydrogen-bond acceptors (Lipinski definition) is 2. The molecular formula is C16H31NO. The van der Waals surface area contributed by atoms with Gasteiger partial charge in [0.2, 0.25) is 0 Å². The summed E-state index contributed by atoms with van der Waals surface area (Å²) < 4.78 is 6.20. The van der Waals surface area contributed by atoms with Crippen molar-refractivity contribution in [2.24, 2.45) is 11.8 Å². The molecule has 1 N–H and O–H groups in total. The largest absolute Gasteiger partial charge is 0.377 e. The Hall–Kier alpha value is -0.0800. The highest BCUT2D eigenvalue weighted by molar-refractivity contribution is 4.79. The van der Waals surface area contributed by atoms with Crippen molar-refractivity contribution < 1.29 is 4.74 Å². The fraction of sp³-hybridized carbons (Fsp3) is 1.00. The zero-order valence-electron chi connectivity index (χ0n) is 12.3. The van der Waals surface area contributed by atoms with E-state index in [0.717, 1.165) is 18.4 Å². The van der Waals surface area contributed by atoms with Gasteiger partial charge in [0.25, 0.3) is 0 Å². The van der Waals surface area contributed by atoms with Crippen LogP contribution in [-0.2, 0) is 4.74 Å². The molecule has 106 valence electrons. The molecule has 18 heavy (non-hydrogen) atoms. The molecule has 0 spiro atoms. The molecule has 0 heterocycles. The van der Waals surface area contributed by atoms with E-state index in [1.807, 2.05) is 0 Å². The van der Waals surface area contributed by atoms with Gasteiger partial charge in [-0.2, -0.15) is 0 Å². The van der Waals surface area contributed by atoms with Crippen molar-refractivity contribution in [1.82, 2.24) is 5.32 Å². The predicted molar refractivity (Wildman–Crippen MR) is 76.8 cm³/mol. The minimum absolute atomic E-state index is 0.535. The van der Waals surface area contributed by atoms with Crippen molar-refractivity contribution >= 4 is 0 Å². The molecule has 3 unspecified atom stereocenters. The molecule has 2 rings (SSSR count). The average Bonchev–Trinajstić information content (AvgIpc) is 2.41. The van der Waals surface area contributed by atoms with Gasteiger partial charge in [0.15, 0.2) is 0 Å². The molecule has 0 bridgehead atoms. The zero-order chi connectivity index (χ0) is 12.8. The summed E-state index contributed by atoms with van der Waals surface area (Å²) in [5, 5.41) is 3.50. The number of likely N-dealkylation sites (N-methyl/N-ethyl adjacent to an activating group) is 1. The first-order chi connectivity index (χ1) is 8.79. The standard InChI is InChI=1S/C16H31NO/c1-13-7-6-10-15(11-13)18-12-16(17-2)14-8-4-3-5-9-14/h13-17H,3-12H2,1-2H3. The van der Waals surface area contributed by atoms with Crippen LogP contribution in [0.4, 0.5) is 0 Å². The molecule has 2 aliphatic carbocycles. The van der Waals surface area contributed by atoms with Crippen LogP contribution in [0.5, 0.6) is 0 Å².